The average molecular weight is 318 g/mol. The van der Waals surface area contributed by atoms with Crippen molar-refractivity contribution in [3.8, 4) is 0 Å². The van der Waals surface area contributed by atoms with Gasteiger partial charge in [0.2, 0.25) is 10.0 Å². The lowest BCUT2D eigenvalue weighted by atomic mass is 10.0. The maximum absolute atomic E-state index is 11.5. The first-order valence-corrected chi connectivity index (χ1v) is 9.64. The molecule has 0 saturated carbocycles. The lowest BCUT2D eigenvalue weighted by Crippen LogP contribution is -2.46. The fourth-order valence-electron chi connectivity index (χ4n) is 2.73. The number of piperidine rings is 1. The second-order valence-corrected chi connectivity index (χ2v) is 7.76. The average Bonchev–Trinajstić information content (AvgIpc) is 2.41. The van der Waals surface area contributed by atoms with Crippen LogP contribution >= 0.6 is 0 Å². The van der Waals surface area contributed by atoms with Gasteiger partial charge >= 0.3 is 0 Å². The molecule has 21 heavy (non-hydrogen) atoms. The fourth-order valence-corrected chi connectivity index (χ4v) is 3.66. The summed E-state index contributed by atoms with van der Waals surface area (Å²) >= 11 is 0. The van der Waals surface area contributed by atoms with Gasteiger partial charge in [0.05, 0.1) is 6.26 Å². The van der Waals surface area contributed by atoms with E-state index in [9.17, 15) is 8.42 Å². The molecule has 0 spiro atoms. The molecule has 1 fully saturated rings. The van der Waals surface area contributed by atoms with Crippen molar-refractivity contribution in [3.63, 3.8) is 0 Å². The third kappa shape index (κ3) is 6.22. The monoisotopic (exact) mass is 318 g/mol. The zero-order chi connectivity index (χ0) is 15.9. The number of aliphatic imine (C=N–C) groups is 1. The number of likely N-dealkylation sites (tertiary alicyclic amines) is 1. The highest BCUT2D eigenvalue weighted by atomic mass is 32.2. The molecule has 1 saturated heterocycles. The van der Waals surface area contributed by atoms with Crippen LogP contribution < -0.4 is 5.32 Å². The van der Waals surface area contributed by atoms with E-state index in [1.54, 1.807) is 7.05 Å². The third-order valence-electron chi connectivity index (χ3n) is 3.86. The molecule has 6 nitrogen and oxygen atoms in total. The Morgan fingerprint density at radius 3 is 2.71 bits per heavy atom. The van der Waals surface area contributed by atoms with Crippen molar-refractivity contribution in [1.82, 2.24) is 14.5 Å². The van der Waals surface area contributed by atoms with E-state index in [0.29, 0.717) is 19.0 Å². The first-order valence-electron chi connectivity index (χ1n) is 7.79. The molecule has 0 aromatic heterocycles. The fraction of sp³-hybridized carbons (Fsp3) is 0.929. The van der Waals surface area contributed by atoms with E-state index in [1.807, 2.05) is 6.92 Å². The summed E-state index contributed by atoms with van der Waals surface area (Å²) in [5.41, 5.74) is 0. The van der Waals surface area contributed by atoms with Gasteiger partial charge in [-0.1, -0.05) is 13.8 Å². The van der Waals surface area contributed by atoms with Gasteiger partial charge in [-0.05, 0) is 25.2 Å². The van der Waals surface area contributed by atoms with Gasteiger partial charge in [0, 0.05) is 39.8 Å². The Kier molecular flexibility index (Phi) is 7.45. The maximum Gasteiger partial charge on any atom is 0.211 e. The maximum atomic E-state index is 11.5. The van der Waals surface area contributed by atoms with E-state index in [2.05, 4.69) is 22.1 Å². The summed E-state index contributed by atoms with van der Waals surface area (Å²) in [4.78, 5) is 6.63. The van der Waals surface area contributed by atoms with Crippen LogP contribution in [0.5, 0.6) is 0 Å². The Labute approximate surface area is 129 Å². The Morgan fingerprint density at radius 2 is 2.19 bits per heavy atom. The summed E-state index contributed by atoms with van der Waals surface area (Å²) in [7, 11) is -1.28. The van der Waals surface area contributed by atoms with Crippen LogP contribution in [0, 0.1) is 5.92 Å². The lowest BCUT2D eigenvalue weighted by Gasteiger charge is -2.33. The van der Waals surface area contributed by atoms with Crippen LogP contribution in [-0.2, 0) is 10.0 Å². The van der Waals surface area contributed by atoms with Gasteiger partial charge < -0.3 is 10.2 Å². The molecule has 0 radical (unpaired) electrons. The first kappa shape index (κ1) is 18.2. The summed E-state index contributed by atoms with van der Waals surface area (Å²) in [6, 6.07) is 0. The largest absolute Gasteiger partial charge is 0.356 e. The second-order valence-electron chi connectivity index (χ2n) is 5.78. The van der Waals surface area contributed by atoms with Gasteiger partial charge in [0.1, 0.15) is 0 Å². The Bertz CT molecular complexity index is 436. The van der Waals surface area contributed by atoms with Crippen molar-refractivity contribution in [2.45, 2.75) is 33.1 Å². The molecule has 1 aliphatic heterocycles. The highest BCUT2D eigenvalue weighted by Gasteiger charge is 2.19. The number of guanidine groups is 1. The molecule has 1 aliphatic rings. The molecule has 0 aliphatic carbocycles. The van der Waals surface area contributed by atoms with Crippen molar-refractivity contribution < 1.29 is 8.42 Å². The quantitative estimate of drug-likeness (QED) is 0.450. The molecule has 1 rings (SSSR count). The van der Waals surface area contributed by atoms with Gasteiger partial charge in [-0.15, -0.1) is 0 Å². The summed E-state index contributed by atoms with van der Waals surface area (Å²) in [5.74, 6) is 1.64. The molecular formula is C14H30N4O2S. The van der Waals surface area contributed by atoms with Gasteiger partial charge in [-0.3, -0.25) is 4.99 Å². The summed E-state index contributed by atoms with van der Waals surface area (Å²) in [6.45, 7) is 8.04. The standard InChI is InChI=1S/C14H30N4O2S/c1-5-18(21(4,19)20)11-7-9-16-14(15-3)17-10-6-8-13(2)12-17/h13H,5-12H2,1-4H3,(H,15,16). The smallest absolute Gasteiger partial charge is 0.211 e. The van der Waals surface area contributed by atoms with E-state index < -0.39 is 10.0 Å². The van der Waals surface area contributed by atoms with Crippen LogP contribution in [0.15, 0.2) is 4.99 Å². The molecule has 1 unspecified atom stereocenters. The minimum atomic E-state index is -3.08. The van der Waals surface area contributed by atoms with Crippen LogP contribution in [0.2, 0.25) is 0 Å². The highest BCUT2D eigenvalue weighted by Crippen LogP contribution is 2.15. The summed E-state index contributed by atoms with van der Waals surface area (Å²) in [6.07, 6.45) is 4.54. The molecule has 1 atom stereocenters. The van der Waals surface area contributed by atoms with Crippen molar-refractivity contribution in [2.24, 2.45) is 10.9 Å². The number of nitrogens with one attached hydrogen (secondary N) is 1. The van der Waals surface area contributed by atoms with Gasteiger partial charge in [0.25, 0.3) is 0 Å². The van der Waals surface area contributed by atoms with Crippen LogP contribution in [0.1, 0.15) is 33.1 Å². The molecule has 7 heteroatoms. The second kappa shape index (κ2) is 8.58. The van der Waals surface area contributed by atoms with E-state index in [-0.39, 0.29) is 0 Å². The number of nitrogens with zero attached hydrogens (tertiary/aromatic N) is 3. The molecule has 1 N–H and O–H groups in total. The number of hydrogen-bond donors (Lipinski definition) is 1. The molecule has 124 valence electrons. The molecule has 1 heterocycles. The lowest BCUT2D eigenvalue weighted by molar-refractivity contribution is 0.266. The summed E-state index contributed by atoms with van der Waals surface area (Å²) in [5, 5.41) is 3.35. The molecule has 0 aromatic rings. The van der Waals surface area contributed by atoms with Crippen molar-refractivity contribution >= 4 is 16.0 Å². The topological polar surface area (TPSA) is 65.0 Å². The minimum absolute atomic E-state index is 0.525. The molecule has 0 bridgehead atoms. The van der Waals surface area contributed by atoms with Crippen molar-refractivity contribution in [3.05, 3.63) is 0 Å². The SMILES string of the molecule is CCN(CCCNC(=NC)N1CCCC(C)C1)S(C)(=O)=O. The van der Waals surface area contributed by atoms with E-state index in [1.165, 1.54) is 23.4 Å². The van der Waals surface area contributed by atoms with E-state index in [4.69, 9.17) is 0 Å². The Balaban J connectivity index is 2.36. The van der Waals surface area contributed by atoms with E-state index in [0.717, 1.165) is 32.0 Å². The van der Waals surface area contributed by atoms with Crippen LogP contribution in [0.3, 0.4) is 0 Å². The number of hydrogen-bond acceptors (Lipinski definition) is 3. The zero-order valence-corrected chi connectivity index (χ0v) is 14.6. The minimum Gasteiger partial charge on any atom is -0.356 e. The third-order valence-corrected chi connectivity index (χ3v) is 5.24. The Morgan fingerprint density at radius 1 is 1.48 bits per heavy atom. The predicted octanol–water partition coefficient (Wildman–Crippen LogP) is 0.965. The van der Waals surface area contributed by atoms with Crippen molar-refractivity contribution in [1.29, 1.82) is 0 Å². The van der Waals surface area contributed by atoms with Crippen LogP contribution in [0.25, 0.3) is 0 Å². The summed E-state index contributed by atoms with van der Waals surface area (Å²) < 4.78 is 24.5. The van der Waals surface area contributed by atoms with Gasteiger partial charge in [-0.2, -0.15) is 0 Å². The van der Waals surface area contributed by atoms with Crippen LogP contribution in [-0.4, -0.2) is 69.6 Å². The van der Waals surface area contributed by atoms with E-state index >= 15 is 0 Å². The highest BCUT2D eigenvalue weighted by molar-refractivity contribution is 7.88. The Hall–Kier alpha value is -0.820. The molecule has 0 amide bonds. The zero-order valence-electron chi connectivity index (χ0n) is 13.8. The van der Waals surface area contributed by atoms with Gasteiger partial charge in [-0.25, -0.2) is 12.7 Å². The molecule has 0 aromatic carbocycles. The number of sulfonamides is 1. The molecular weight excluding hydrogens is 288 g/mol. The number of rotatable bonds is 6. The predicted molar refractivity (Wildman–Crippen MR) is 88.0 cm³/mol. The van der Waals surface area contributed by atoms with Crippen LogP contribution in [0.4, 0.5) is 0 Å². The van der Waals surface area contributed by atoms with Gasteiger partial charge in [0.15, 0.2) is 5.96 Å². The normalized spacial score (nSPS) is 20.9. The van der Waals surface area contributed by atoms with Crippen molar-refractivity contribution in [2.75, 3.05) is 46.0 Å². The first-order chi connectivity index (χ1) is 9.88.